The number of oxazole rings is 1. The van der Waals surface area contributed by atoms with Crippen LogP contribution in [-0.2, 0) is 9.47 Å². The van der Waals surface area contributed by atoms with Crippen LogP contribution in [0.5, 0.6) is 0 Å². The predicted molar refractivity (Wildman–Crippen MR) is 65.9 cm³/mol. The van der Waals surface area contributed by atoms with Gasteiger partial charge < -0.3 is 18.8 Å². The third-order valence-corrected chi connectivity index (χ3v) is 4.08. The van der Waals surface area contributed by atoms with Gasteiger partial charge in [-0.2, -0.15) is 0 Å². The molecule has 0 N–H and O–H groups in total. The molecular formula is C13H18N2O4. The van der Waals surface area contributed by atoms with E-state index in [0.717, 1.165) is 19.4 Å². The van der Waals surface area contributed by atoms with Gasteiger partial charge >= 0.3 is 0 Å². The fourth-order valence-corrected chi connectivity index (χ4v) is 3.06. The maximum Gasteiger partial charge on any atom is 0.276 e. The highest BCUT2D eigenvalue weighted by Crippen LogP contribution is 2.37. The van der Waals surface area contributed by atoms with Crippen molar-refractivity contribution in [1.29, 1.82) is 0 Å². The van der Waals surface area contributed by atoms with E-state index in [2.05, 4.69) is 4.98 Å². The summed E-state index contributed by atoms with van der Waals surface area (Å²) < 4.78 is 16.5. The van der Waals surface area contributed by atoms with Crippen molar-refractivity contribution in [2.24, 2.45) is 0 Å². The first kappa shape index (κ1) is 12.6. The molecule has 3 heterocycles. The van der Waals surface area contributed by atoms with Crippen molar-refractivity contribution in [2.45, 2.75) is 31.5 Å². The topological polar surface area (TPSA) is 64.8 Å². The van der Waals surface area contributed by atoms with Crippen LogP contribution >= 0.6 is 0 Å². The molecule has 1 amide bonds. The van der Waals surface area contributed by atoms with Gasteiger partial charge in [-0.05, 0) is 19.8 Å². The number of hydrogen-bond donors (Lipinski definition) is 0. The van der Waals surface area contributed by atoms with E-state index in [9.17, 15) is 4.79 Å². The molecule has 6 heteroatoms. The SMILES string of the molecule is CO[C@H]1CN(C(=O)c2ncoc2C)C[C@@]12CCCO2. The molecule has 0 unspecified atom stereocenters. The second kappa shape index (κ2) is 4.61. The number of amides is 1. The van der Waals surface area contributed by atoms with Crippen molar-refractivity contribution >= 4 is 5.91 Å². The smallest absolute Gasteiger partial charge is 0.276 e. The average Bonchev–Trinajstić information content (AvgIpc) is 3.11. The van der Waals surface area contributed by atoms with Gasteiger partial charge in [-0.25, -0.2) is 4.98 Å². The second-order valence-corrected chi connectivity index (χ2v) is 5.18. The summed E-state index contributed by atoms with van der Waals surface area (Å²) in [5, 5.41) is 0. The van der Waals surface area contributed by atoms with E-state index in [1.807, 2.05) is 0 Å². The Balaban J connectivity index is 1.81. The number of nitrogens with zero attached hydrogens (tertiary/aromatic N) is 2. The summed E-state index contributed by atoms with van der Waals surface area (Å²) in [6.45, 7) is 3.59. The van der Waals surface area contributed by atoms with Crippen LogP contribution < -0.4 is 0 Å². The quantitative estimate of drug-likeness (QED) is 0.799. The van der Waals surface area contributed by atoms with Crippen LogP contribution in [-0.4, -0.2) is 54.3 Å². The molecule has 6 nitrogen and oxygen atoms in total. The summed E-state index contributed by atoms with van der Waals surface area (Å²) in [7, 11) is 1.67. The van der Waals surface area contributed by atoms with E-state index < -0.39 is 0 Å². The molecule has 104 valence electrons. The van der Waals surface area contributed by atoms with Crippen molar-refractivity contribution in [3.05, 3.63) is 17.8 Å². The molecule has 0 bridgehead atoms. The van der Waals surface area contributed by atoms with E-state index in [1.165, 1.54) is 6.39 Å². The zero-order valence-electron chi connectivity index (χ0n) is 11.2. The minimum Gasteiger partial charge on any atom is -0.448 e. The predicted octanol–water partition coefficient (Wildman–Crippen LogP) is 1.00. The van der Waals surface area contributed by atoms with E-state index in [-0.39, 0.29) is 17.6 Å². The number of ether oxygens (including phenoxy) is 2. The minimum absolute atomic E-state index is 0.0637. The van der Waals surface area contributed by atoms with Gasteiger partial charge in [0.25, 0.3) is 5.91 Å². The van der Waals surface area contributed by atoms with Gasteiger partial charge in [0.05, 0.1) is 13.1 Å². The Morgan fingerprint density at radius 2 is 2.47 bits per heavy atom. The van der Waals surface area contributed by atoms with Crippen LogP contribution in [0.15, 0.2) is 10.8 Å². The van der Waals surface area contributed by atoms with Crippen molar-refractivity contribution in [3.8, 4) is 0 Å². The summed E-state index contributed by atoms with van der Waals surface area (Å²) in [5.41, 5.74) is 0.0482. The standard InChI is InChI=1S/C13H18N2O4/c1-9-11(14-8-18-9)12(16)15-6-10(17-2)13(7-15)4-3-5-19-13/h8,10H,3-7H2,1-2H3/t10-,13-/m0/s1. The Labute approximate surface area is 111 Å². The molecule has 1 spiro atoms. The summed E-state index contributed by atoms with van der Waals surface area (Å²) in [6, 6.07) is 0. The van der Waals surface area contributed by atoms with E-state index in [1.54, 1.807) is 18.9 Å². The highest BCUT2D eigenvalue weighted by Gasteiger charge is 2.51. The largest absolute Gasteiger partial charge is 0.448 e. The molecule has 1 aromatic rings. The first-order valence-corrected chi connectivity index (χ1v) is 6.52. The van der Waals surface area contributed by atoms with Gasteiger partial charge in [0, 0.05) is 13.7 Å². The van der Waals surface area contributed by atoms with Gasteiger partial charge in [-0.15, -0.1) is 0 Å². The van der Waals surface area contributed by atoms with Crippen LogP contribution in [0.4, 0.5) is 0 Å². The molecular weight excluding hydrogens is 248 g/mol. The molecule has 19 heavy (non-hydrogen) atoms. The van der Waals surface area contributed by atoms with Crippen LogP contribution in [0.1, 0.15) is 29.1 Å². The fraction of sp³-hybridized carbons (Fsp3) is 0.692. The molecule has 0 aromatic carbocycles. The number of likely N-dealkylation sites (tertiary alicyclic amines) is 1. The van der Waals surface area contributed by atoms with E-state index >= 15 is 0 Å². The maximum atomic E-state index is 12.4. The summed E-state index contributed by atoms with van der Waals surface area (Å²) in [4.78, 5) is 18.2. The van der Waals surface area contributed by atoms with Gasteiger partial charge in [0.15, 0.2) is 12.1 Å². The van der Waals surface area contributed by atoms with Gasteiger partial charge in [-0.1, -0.05) is 0 Å². The number of carbonyl (C=O) groups is 1. The zero-order chi connectivity index (χ0) is 13.5. The highest BCUT2D eigenvalue weighted by atomic mass is 16.6. The molecule has 0 radical (unpaired) electrons. The summed E-state index contributed by atoms with van der Waals surface area (Å²) in [6.07, 6.45) is 3.19. The number of aromatic nitrogens is 1. The first-order chi connectivity index (χ1) is 9.16. The molecule has 2 aliphatic rings. The second-order valence-electron chi connectivity index (χ2n) is 5.18. The normalized spacial score (nSPS) is 30.4. The highest BCUT2D eigenvalue weighted by molar-refractivity contribution is 5.93. The third-order valence-electron chi connectivity index (χ3n) is 4.08. The average molecular weight is 266 g/mol. The van der Waals surface area contributed by atoms with Crippen LogP contribution in [0.3, 0.4) is 0 Å². The Bertz CT molecular complexity index is 479. The molecule has 2 atom stereocenters. The van der Waals surface area contributed by atoms with Gasteiger partial charge in [0.2, 0.25) is 0 Å². The number of rotatable bonds is 2. The Morgan fingerprint density at radius 1 is 1.63 bits per heavy atom. The first-order valence-electron chi connectivity index (χ1n) is 6.52. The zero-order valence-corrected chi connectivity index (χ0v) is 11.2. The van der Waals surface area contributed by atoms with Crippen molar-refractivity contribution < 1.29 is 18.7 Å². The number of aryl methyl sites for hydroxylation is 1. The lowest BCUT2D eigenvalue weighted by Gasteiger charge is -2.27. The lowest BCUT2D eigenvalue weighted by molar-refractivity contribution is -0.0754. The van der Waals surface area contributed by atoms with E-state index in [0.29, 0.717) is 24.5 Å². The lowest BCUT2D eigenvalue weighted by Crippen LogP contribution is -2.42. The number of methoxy groups -OCH3 is 1. The van der Waals surface area contributed by atoms with Crippen molar-refractivity contribution in [3.63, 3.8) is 0 Å². The molecule has 2 fully saturated rings. The Hall–Kier alpha value is -1.40. The number of hydrogen-bond acceptors (Lipinski definition) is 5. The van der Waals surface area contributed by atoms with Gasteiger partial charge in [0.1, 0.15) is 17.5 Å². The van der Waals surface area contributed by atoms with Crippen LogP contribution in [0.25, 0.3) is 0 Å². The maximum absolute atomic E-state index is 12.4. The van der Waals surface area contributed by atoms with Gasteiger partial charge in [-0.3, -0.25) is 4.79 Å². The van der Waals surface area contributed by atoms with Crippen molar-refractivity contribution in [1.82, 2.24) is 9.88 Å². The van der Waals surface area contributed by atoms with Crippen LogP contribution in [0, 0.1) is 6.92 Å². The summed E-state index contributed by atoms with van der Waals surface area (Å²) >= 11 is 0. The molecule has 1 aromatic heterocycles. The minimum atomic E-state index is -0.331. The lowest BCUT2D eigenvalue weighted by atomic mass is 9.96. The van der Waals surface area contributed by atoms with Crippen LogP contribution in [0.2, 0.25) is 0 Å². The Kier molecular flexibility index (Phi) is 3.06. The number of carbonyl (C=O) groups excluding carboxylic acids is 1. The summed E-state index contributed by atoms with van der Waals surface area (Å²) in [5.74, 6) is 0.438. The molecule has 0 aliphatic carbocycles. The Morgan fingerprint density at radius 3 is 3.05 bits per heavy atom. The fourth-order valence-electron chi connectivity index (χ4n) is 3.06. The molecule has 0 saturated carbocycles. The molecule has 2 saturated heterocycles. The monoisotopic (exact) mass is 266 g/mol. The molecule has 3 rings (SSSR count). The molecule has 2 aliphatic heterocycles. The van der Waals surface area contributed by atoms with E-state index in [4.69, 9.17) is 13.9 Å². The van der Waals surface area contributed by atoms with Crippen molar-refractivity contribution in [2.75, 3.05) is 26.8 Å². The third kappa shape index (κ3) is 1.95.